The van der Waals surface area contributed by atoms with Crippen molar-refractivity contribution in [2.75, 3.05) is 25.0 Å². The van der Waals surface area contributed by atoms with Gasteiger partial charge in [0, 0.05) is 32.4 Å². The fraction of sp³-hybridized carbons (Fsp3) is 0.667. The summed E-state index contributed by atoms with van der Waals surface area (Å²) in [6, 6.07) is 2.35. The fourth-order valence-corrected chi connectivity index (χ4v) is 4.11. The predicted octanol–water partition coefficient (Wildman–Crippen LogP) is 4.21. The van der Waals surface area contributed by atoms with Crippen molar-refractivity contribution < 1.29 is 9.53 Å². The molecule has 0 radical (unpaired) electrons. The van der Waals surface area contributed by atoms with E-state index in [9.17, 15) is 4.79 Å². The number of amides is 1. The van der Waals surface area contributed by atoms with E-state index < -0.39 is 5.60 Å². The first-order chi connectivity index (χ1) is 13.1. The number of rotatable bonds is 5. The van der Waals surface area contributed by atoms with E-state index in [1.807, 2.05) is 37.9 Å². The zero-order valence-electron chi connectivity index (χ0n) is 18.0. The second-order valence-electron chi connectivity index (χ2n) is 9.28. The van der Waals surface area contributed by atoms with Crippen LogP contribution in [0.3, 0.4) is 0 Å². The normalized spacial score (nSPS) is 21.1. The molecule has 1 fully saturated rings. The van der Waals surface area contributed by atoms with Gasteiger partial charge in [0.1, 0.15) is 23.4 Å². The van der Waals surface area contributed by atoms with Crippen LogP contribution in [0.25, 0.3) is 11.0 Å². The molecule has 1 aliphatic heterocycles. The molecular formula is C21H33N5O2. The van der Waals surface area contributed by atoms with Gasteiger partial charge < -0.3 is 19.5 Å². The van der Waals surface area contributed by atoms with Crippen LogP contribution in [0.15, 0.2) is 18.6 Å². The molecule has 154 valence electrons. The molecule has 0 spiro atoms. The molecule has 0 saturated carbocycles. The number of H-pyrrole nitrogens is 1. The van der Waals surface area contributed by atoms with Gasteiger partial charge >= 0.3 is 6.09 Å². The van der Waals surface area contributed by atoms with Gasteiger partial charge in [0.2, 0.25) is 0 Å². The van der Waals surface area contributed by atoms with Gasteiger partial charge in [-0.3, -0.25) is 0 Å². The van der Waals surface area contributed by atoms with E-state index in [0.29, 0.717) is 6.04 Å². The van der Waals surface area contributed by atoms with Crippen molar-refractivity contribution in [1.29, 1.82) is 0 Å². The van der Waals surface area contributed by atoms with Crippen LogP contribution in [0.2, 0.25) is 0 Å². The molecular weight excluding hydrogens is 354 g/mol. The second-order valence-corrected chi connectivity index (χ2v) is 9.28. The standard InChI is InChI=1S/C21H33N5O2/c1-7-15(25(6)18-16-8-10-22-17(16)23-14-24-18)12-21(5)9-11-26(13-21)19(27)28-20(2,3)4/h8,10,14-15H,7,9,11-13H2,1-6H3,(H,22,23,24)/t15-,21-/m0/s1. The number of hydrogen-bond acceptors (Lipinski definition) is 5. The van der Waals surface area contributed by atoms with Crippen LogP contribution < -0.4 is 4.90 Å². The number of aromatic amines is 1. The zero-order valence-corrected chi connectivity index (χ0v) is 18.0. The highest BCUT2D eigenvalue weighted by molar-refractivity contribution is 5.87. The highest BCUT2D eigenvalue weighted by Crippen LogP contribution is 2.38. The largest absolute Gasteiger partial charge is 0.444 e. The molecule has 3 rings (SSSR count). The number of anilines is 1. The molecule has 0 bridgehead atoms. The molecule has 28 heavy (non-hydrogen) atoms. The minimum atomic E-state index is -0.461. The molecule has 0 aliphatic carbocycles. The number of hydrogen-bond donors (Lipinski definition) is 1. The van der Waals surface area contributed by atoms with Crippen LogP contribution in [-0.4, -0.2) is 57.7 Å². The summed E-state index contributed by atoms with van der Waals surface area (Å²) in [5.41, 5.74) is 0.461. The molecule has 1 saturated heterocycles. The third kappa shape index (κ3) is 4.39. The van der Waals surface area contributed by atoms with Crippen molar-refractivity contribution in [2.45, 2.75) is 65.5 Å². The van der Waals surface area contributed by atoms with E-state index in [4.69, 9.17) is 4.74 Å². The monoisotopic (exact) mass is 387 g/mol. The van der Waals surface area contributed by atoms with Crippen LogP contribution in [0.5, 0.6) is 0 Å². The average Bonchev–Trinajstić information content (AvgIpc) is 3.24. The molecule has 2 atom stereocenters. The maximum absolute atomic E-state index is 12.4. The van der Waals surface area contributed by atoms with Crippen LogP contribution in [0.4, 0.5) is 10.6 Å². The lowest BCUT2D eigenvalue weighted by Crippen LogP contribution is -2.40. The Morgan fingerprint density at radius 2 is 2.18 bits per heavy atom. The first kappa shape index (κ1) is 20.4. The molecule has 0 unspecified atom stereocenters. The molecule has 7 nitrogen and oxygen atoms in total. The summed E-state index contributed by atoms with van der Waals surface area (Å²) in [4.78, 5) is 28.6. The molecule has 2 aromatic heterocycles. The SMILES string of the molecule is CC[C@@H](C[C@]1(C)CCN(C(=O)OC(C)(C)C)C1)N(C)c1ncnc2[nH]ccc12. The van der Waals surface area contributed by atoms with Gasteiger partial charge in [-0.2, -0.15) is 0 Å². The Morgan fingerprint density at radius 1 is 1.43 bits per heavy atom. The van der Waals surface area contributed by atoms with Crippen molar-refractivity contribution in [1.82, 2.24) is 19.9 Å². The third-order valence-corrected chi connectivity index (χ3v) is 5.62. The third-order valence-electron chi connectivity index (χ3n) is 5.62. The van der Waals surface area contributed by atoms with Crippen molar-refractivity contribution in [3.8, 4) is 0 Å². The molecule has 2 aromatic rings. The van der Waals surface area contributed by atoms with Crippen molar-refractivity contribution in [3.05, 3.63) is 18.6 Å². The van der Waals surface area contributed by atoms with Crippen LogP contribution in [0, 0.1) is 5.41 Å². The number of likely N-dealkylation sites (tertiary alicyclic amines) is 1. The average molecular weight is 388 g/mol. The van der Waals surface area contributed by atoms with Gasteiger partial charge in [-0.1, -0.05) is 13.8 Å². The first-order valence-electron chi connectivity index (χ1n) is 10.1. The fourth-order valence-electron chi connectivity index (χ4n) is 4.11. The Hall–Kier alpha value is -2.31. The maximum Gasteiger partial charge on any atom is 0.410 e. The summed E-state index contributed by atoms with van der Waals surface area (Å²) in [5, 5.41) is 1.04. The Kier molecular flexibility index (Phi) is 5.55. The Labute approximate surface area is 167 Å². The molecule has 3 heterocycles. The number of fused-ring (bicyclic) bond motifs is 1. The highest BCUT2D eigenvalue weighted by Gasteiger charge is 2.39. The Balaban J connectivity index is 1.70. The lowest BCUT2D eigenvalue weighted by atomic mass is 9.81. The minimum Gasteiger partial charge on any atom is -0.444 e. The summed E-state index contributed by atoms with van der Waals surface area (Å²) < 4.78 is 5.56. The van der Waals surface area contributed by atoms with Gasteiger partial charge in [-0.15, -0.1) is 0 Å². The summed E-state index contributed by atoms with van der Waals surface area (Å²) in [5.74, 6) is 0.948. The van der Waals surface area contributed by atoms with Gasteiger partial charge in [0.25, 0.3) is 0 Å². The lowest BCUT2D eigenvalue weighted by Gasteiger charge is -2.35. The van der Waals surface area contributed by atoms with E-state index in [0.717, 1.165) is 49.2 Å². The topological polar surface area (TPSA) is 74.3 Å². The van der Waals surface area contributed by atoms with Gasteiger partial charge in [0.05, 0.1) is 5.39 Å². The number of aromatic nitrogens is 3. The Morgan fingerprint density at radius 3 is 2.86 bits per heavy atom. The Bertz CT molecular complexity index is 828. The predicted molar refractivity (Wildman–Crippen MR) is 112 cm³/mol. The van der Waals surface area contributed by atoms with Crippen LogP contribution in [0.1, 0.15) is 53.9 Å². The van der Waals surface area contributed by atoms with E-state index in [1.54, 1.807) is 6.33 Å². The molecule has 1 N–H and O–H groups in total. The highest BCUT2D eigenvalue weighted by atomic mass is 16.6. The van der Waals surface area contributed by atoms with E-state index in [-0.39, 0.29) is 11.5 Å². The smallest absolute Gasteiger partial charge is 0.410 e. The van der Waals surface area contributed by atoms with E-state index in [2.05, 4.69) is 40.7 Å². The minimum absolute atomic E-state index is 0.0656. The van der Waals surface area contributed by atoms with Crippen LogP contribution >= 0.6 is 0 Å². The number of nitrogens with zero attached hydrogens (tertiary/aromatic N) is 4. The molecule has 0 aromatic carbocycles. The second kappa shape index (κ2) is 7.60. The molecule has 1 amide bonds. The number of nitrogens with one attached hydrogen (secondary N) is 1. The summed E-state index contributed by atoms with van der Waals surface area (Å²) in [6.45, 7) is 11.7. The van der Waals surface area contributed by atoms with Crippen molar-refractivity contribution >= 4 is 22.9 Å². The maximum atomic E-state index is 12.4. The quantitative estimate of drug-likeness (QED) is 0.832. The van der Waals surface area contributed by atoms with Crippen LogP contribution in [-0.2, 0) is 4.74 Å². The summed E-state index contributed by atoms with van der Waals surface area (Å²) >= 11 is 0. The van der Waals surface area contributed by atoms with Gasteiger partial charge in [-0.05, 0) is 51.5 Å². The van der Waals surface area contributed by atoms with Gasteiger partial charge in [-0.25, -0.2) is 14.8 Å². The summed E-state index contributed by atoms with van der Waals surface area (Å²) in [6.07, 6.45) is 6.29. The number of carbonyl (C=O) groups is 1. The zero-order chi connectivity index (χ0) is 20.5. The number of carbonyl (C=O) groups excluding carboxylic acids is 1. The van der Waals surface area contributed by atoms with E-state index >= 15 is 0 Å². The molecule has 1 aliphatic rings. The summed E-state index contributed by atoms with van der Waals surface area (Å²) in [7, 11) is 2.10. The van der Waals surface area contributed by atoms with E-state index in [1.165, 1.54) is 0 Å². The van der Waals surface area contributed by atoms with Crippen molar-refractivity contribution in [3.63, 3.8) is 0 Å². The lowest BCUT2D eigenvalue weighted by molar-refractivity contribution is 0.0272. The number of ether oxygens (including phenoxy) is 1. The first-order valence-corrected chi connectivity index (χ1v) is 10.1. The van der Waals surface area contributed by atoms with Gasteiger partial charge in [0.15, 0.2) is 0 Å². The molecule has 7 heteroatoms. The van der Waals surface area contributed by atoms with Crippen molar-refractivity contribution in [2.24, 2.45) is 5.41 Å².